The van der Waals surface area contributed by atoms with Gasteiger partial charge < -0.3 is 10.1 Å². The summed E-state index contributed by atoms with van der Waals surface area (Å²) >= 11 is 0. The van der Waals surface area contributed by atoms with E-state index in [4.69, 9.17) is 0 Å². The summed E-state index contributed by atoms with van der Waals surface area (Å²) in [6.07, 6.45) is 0. The monoisotopic (exact) mass is 311 g/mol. The molecular weight excluding hydrogens is 298 g/mol. The zero-order valence-electron chi connectivity index (χ0n) is 12.3. The summed E-state index contributed by atoms with van der Waals surface area (Å²) in [4.78, 5) is 24.0. The van der Waals surface area contributed by atoms with Gasteiger partial charge >= 0.3 is 0 Å². The molecule has 0 fully saturated rings. The molecule has 0 bridgehead atoms. The molecule has 0 radical (unpaired) electrons. The number of hydroxylamine groups is 1. The van der Waals surface area contributed by atoms with Gasteiger partial charge in [0.05, 0.1) is 16.2 Å². The first-order valence-electron chi connectivity index (χ1n) is 6.91. The van der Waals surface area contributed by atoms with Gasteiger partial charge in [0.1, 0.15) is 0 Å². The molecule has 116 valence electrons. The van der Waals surface area contributed by atoms with Crippen LogP contribution in [0.2, 0.25) is 0 Å². The molecule has 0 saturated heterocycles. The van der Waals surface area contributed by atoms with Crippen molar-refractivity contribution in [2.75, 3.05) is 18.5 Å². The van der Waals surface area contributed by atoms with Gasteiger partial charge in [-0.05, 0) is 18.2 Å². The van der Waals surface area contributed by atoms with Crippen LogP contribution in [0.3, 0.4) is 0 Å². The smallest absolute Gasteiger partial charge is 0.293 e. The molecule has 7 heteroatoms. The highest BCUT2D eigenvalue weighted by Gasteiger charge is 2.31. The Labute approximate surface area is 131 Å². The number of nitrogens with zero attached hydrogens (tertiary/aromatic N) is 3. The van der Waals surface area contributed by atoms with Crippen LogP contribution in [-0.2, 0) is 4.79 Å². The minimum atomic E-state index is -0.523. The van der Waals surface area contributed by atoms with Crippen LogP contribution >= 0.6 is 0 Å². The van der Waals surface area contributed by atoms with Gasteiger partial charge in [-0.2, -0.15) is 4.74 Å². The number of hydrogen-bond donors (Lipinski definition) is 0. The number of benzodiazepines with no additional fused rings is 1. The molecule has 0 spiro atoms. The first kappa shape index (κ1) is 14.7. The first-order valence-corrected chi connectivity index (χ1v) is 6.91. The standard InChI is InChI=1S/C16H13N3O4/c1-17-14-8-7-12(19(22)23)9-13(14)16(18(21)10-15(17)20)11-5-3-2-4-6-11/h2-9H,10H2,1H3. The van der Waals surface area contributed by atoms with Crippen molar-refractivity contribution < 1.29 is 14.5 Å². The largest absolute Gasteiger partial charge is 0.623 e. The molecule has 0 aliphatic carbocycles. The van der Waals surface area contributed by atoms with E-state index in [9.17, 15) is 20.1 Å². The van der Waals surface area contributed by atoms with Crippen molar-refractivity contribution >= 4 is 23.0 Å². The summed E-state index contributed by atoms with van der Waals surface area (Å²) in [6, 6.07) is 13.0. The van der Waals surface area contributed by atoms with Crippen molar-refractivity contribution in [1.29, 1.82) is 0 Å². The fourth-order valence-corrected chi connectivity index (χ4v) is 2.59. The van der Waals surface area contributed by atoms with Crippen molar-refractivity contribution in [2.45, 2.75) is 0 Å². The van der Waals surface area contributed by atoms with E-state index < -0.39 is 4.92 Å². The minimum Gasteiger partial charge on any atom is -0.623 e. The quantitative estimate of drug-likeness (QED) is 0.367. The van der Waals surface area contributed by atoms with Gasteiger partial charge in [0, 0.05) is 24.7 Å². The number of rotatable bonds is 2. The van der Waals surface area contributed by atoms with Crippen LogP contribution in [-0.4, -0.2) is 34.9 Å². The SMILES string of the molecule is CN1C(=O)C[N+]([O-])=C(c2ccccc2)c2cc([N+](=O)[O-])ccc21. The Balaban J connectivity index is 2.32. The van der Waals surface area contributed by atoms with E-state index in [-0.39, 0.29) is 23.9 Å². The van der Waals surface area contributed by atoms with Crippen molar-refractivity contribution in [3.05, 3.63) is 75.0 Å². The van der Waals surface area contributed by atoms with E-state index in [0.29, 0.717) is 21.6 Å². The molecule has 23 heavy (non-hydrogen) atoms. The Hall–Kier alpha value is -3.22. The molecule has 2 aromatic rings. The Kier molecular flexibility index (Phi) is 3.53. The molecule has 0 aromatic heterocycles. The van der Waals surface area contributed by atoms with Crippen molar-refractivity contribution in [3.63, 3.8) is 0 Å². The third-order valence-electron chi connectivity index (χ3n) is 3.76. The van der Waals surface area contributed by atoms with Crippen LogP contribution in [0.5, 0.6) is 0 Å². The highest BCUT2D eigenvalue weighted by molar-refractivity contribution is 6.16. The second-order valence-corrected chi connectivity index (χ2v) is 5.16. The van der Waals surface area contributed by atoms with E-state index >= 15 is 0 Å². The number of nitro groups is 1. The first-order chi connectivity index (χ1) is 11.0. The molecule has 1 heterocycles. The highest BCUT2D eigenvalue weighted by atomic mass is 16.6. The second-order valence-electron chi connectivity index (χ2n) is 5.16. The molecule has 0 saturated carbocycles. The zero-order chi connectivity index (χ0) is 16.6. The summed E-state index contributed by atoms with van der Waals surface area (Å²) in [7, 11) is 1.55. The molecule has 1 aliphatic heterocycles. The van der Waals surface area contributed by atoms with Crippen LogP contribution in [0.15, 0.2) is 48.5 Å². The summed E-state index contributed by atoms with van der Waals surface area (Å²) in [6.45, 7) is -0.344. The molecule has 3 rings (SSSR count). The predicted molar refractivity (Wildman–Crippen MR) is 84.7 cm³/mol. The number of fused-ring (bicyclic) bond motifs is 1. The average molecular weight is 311 g/mol. The maximum Gasteiger partial charge on any atom is 0.293 e. The second kappa shape index (κ2) is 5.53. The number of nitro benzene ring substituents is 1. The number of amides is 1. The number of hydrogen-bond acceptors (Lipinski definition) is 4. The Morgan fingerprint density at radius 2 is 1.87 bits per heavy atom. The normalized spacial score (nSPS) is 14.5. The number of carbonyl (C=O) groups excluding carboxylic acids is 1. The number of carbonyl (C=O) groups is 1. The maximum atomic E-state index is 12.5. The Morgan fingerprint density at radius 1 is 1.17 bits per heavy atom. The van der Waals surface area contributed by atoms with Gasteiger partial charge in [-0.3, -0.25) is 14.9 Å². The van der Waals surface area contributed by atoms with Gasteiger partial charge in [-0.25, -0.2) is 0 Å². The van der Waals surface area contributed by atoms with Gasteiger partial charge in [0.15, 0.2) is 0 Å². The van der Waals surface area contributed by atoms with E-state index in [1.54, 1.807) is 31.3 Å². The molecule has 2 aromatic carbocycles. The Morgan fingerprint density at radius 3 is 2.52 bits per heavy atom. The molecular formula is C16H13N3O4. The van der Waals surface area contributed by atoms with Crippen LogP contribution < -0.4 is 4.90 Å². The summed E-state index contributed by atoms with van der Waals surface area (Å²) in [5.41, 5.74) is 1.56. The molecule has 0 atom stereocenters. The highest BCUT2D eigenvalue weighted by Crippen LogP contribution is 2.29. The van der Waals surface area contributed by atoms with Crippen LogP contribution in [0.1, 0.15) is 11.1 Å². The molecule has 1 amide bonds. The third-order valence-corrected chi connectivity index (χ3v) is 3.76. The number of benzene rings is 2. The average Bonchev–Trinajstić information content (AvgIpc) is 2.63. The number of anilines is 1. The summed E-state index contributed by atoms with van der Waals surface area (Å²) < 4.78 is 0.587. The summed E-state index contributed by atoms with van der Waals surface area (Å²) in [5.74, 6) is -0.374. The minimum absolute atomic E-state index is 0.131. The fourth-order valence-electron chi connectivity index (χ4n) is 2.59. The number of likely N-dealkylation sites (N-methyl/N-ethyl adjacent to an activating group) is 1. The fraction of sp³-hybridized carbons (Fsp3) is 0.125. The van der Waals surface area contributed by atoms with Crippen LogP contribution in [0.25, 0.3) is 0 Å². The van der Waals surface area contributed by atoms with E-state index in [1.165, 1.54) is 23.1 Å². The molecule has 7 nitrogen and oxygen atoms in total. The van der Waals surface area contributed by atoms with Gasteiger partial charge in [0.2, 0.25) is 12.3 Å². The van der Waals surface area contributed by atoms with Crippen molar-refractivity contribution in [3.8, 4) is 0 Å². The molecule has 0 unspecified atom stereocenters. The predicted octanol–water partition coefficient (Wildman–Crippen LogP) is 1.92. The third kappa shape index (κ3) is 2.52. The lowest BCUT2D eigenvalue weighted by Gasteiger charge is -2.15. The van der Waals surface area contributed by atoms with Crippen LogP contribution in [0, 0.1) is 15.3 Å². The lowest BCUT2D eigenvalue weighted by Crippen LogP contribution is -2.31. The lowest BCUT2D eigenvalue weighted by molar-refractivity contribution is -0.443. The van der Waals surface area contributed by atoms with Gasteiger partial charge in [-0.1, -0.05) is 18.2 Å². The number of non-ortho nitro benzene ring substituents is 1. The van der Waals surface area contributed by atoms with Gasteiger partial charge in [0.25, 0.3) is 11.6 Å². The lowest BCUT2D eigenvalue weighted by atomic mass is 9.99. The topological polar surface area (TPSA) is 89.5 Å². The van der Waals surface area contributed by atoms with E-state index in [2.05, 4.69) is 0 Å². The van der Waals surface area contributed by atoms with E-state index in [1.807, 2.05) is 6.07 Å². The zero-order valence-corrected chi connectivity index (χ0v) is 12.3. The van der Waals surface area contributed by atoms with Crippen molar-refractivity contribution in [2.24, 2.45) is 0 Å². The maximum absolute atomic E-state index is 12.5. The molecule has 0 N–H and O–H groups in total. The van der Waals surface area contributed by atoms with E-state index in [0.717, 1.165) is 0 Å². The molecule has 1 aliphatic rings. The van der Waals surface area contributed by atoms with Crippen molar-refractivity contribution in [1.82, 2.24) is 0 Å². The van der Waals surface area contributed by atoms with Gasteiger partial charge in [-0.15, -0.1) is 0 Å². The van der Waals surface area contributed by atoms with Crippen LogP contribution in [0.4, 0.5) is 11.4 Å². The summed E-state index contributed by atoms with van der Waals surface area (Å²) in [5, 5.41) is 23.5. The Bertz CT molecular complexity index is 830.